The summed E-state index contributed by atoms with van der Waals surface area (Å²) in [6.07, 6.45) is -3.38. The van der Waals surface area contributed by atoms with Crippen molar-refractivity contribution in [3.05, 3.63) is 124 Å². The maximum Gasteiger partial charge on any atom is 0.420 e. The topological polar surface area (TPSA) is 231 Å². The van der Waals surface area contributed by atoms with E-state index in [4.69, 9.17) is 21.1 Å². The number of amides is 2. The first-order valence-corrected chi connectivity index (χ1v) is 19.4. The van der Waals surface area contributed by atoms with Crippen LogP contribution in [-0.4, -0.2) is 51.0 Å². The number of hydrogen-bond acceptors (Lipinski definition) is 12. The van der Waals surface area contributed by atoms with E-state index in [0.29, 0.717) is 22.5 Å². The van der Waals surface area contributed by atoms with Gasteiger partial charge in [-0.2, -0.15) is 13.2 Å². The summed E-state index contributed by atoms with van der Waals surface area (Å²) in [6, 6.07) is 13.8. The summed E-state index contributed by atoms with van der Waals surface area (Å²) < 4.78 is 99.6. The smallest absolute Gasteiger partial charge is 0.420 e. The number of carbonyl (C=O) groups excluding carboxylic acids is 2. The van der Waals surface area contributed by atoms with E-state index >= 15 is 0 Å². The van der Waals surface area contributed by atoms with Crippen molar-refractivity contribution in [1.29, 1.82) is 0 Å². The van der Waals surface area contributed by atoms with Gasteiger partial charge in [-0.25, -0.2) is 26.3 Å². The van der Waals surface area contributed by atoms with E-state index in [1.54, 1.807) is 27.6 Å². The molecule has 0 spiro atoms. The Morgan fingerprint density at radius 3 is 1.55 bits per heavy atom. The molecule has 4 aromatic carbocycles. The van der Waals surface area contributed by atoms with Gasteiger partial charge in [0.25, 0.3) is 23.2 Å². The molecular formula is C29H20Br2ClF3N4O12S2. The Morgan fingerprint density at radius 2 is 1.15 bits per heavy atom. The zero-order valence-corrected chi connectivity index (χ0v) is 31.9. The number of nitrogens with one attached hydrogen (secondary N) is 2. The summed E-state index contributed by atoms with van der Waals surface area (Å²) in [5, 5.41) is 21.9. The van der Waals surface area contributed by atoms with Gasteiger partial charge in [0.05, 0.1) is 32.4 Å². The maximum atomic E-state index is 13.1. The first-order valence-electron chi connectivity index (χ1n) is 13.6. The molecule has 0 saturated carbocycles. The fourth-order valence-corrected chi connectivity index (χ4v) is 6.10. The van der Waals surface area contributed by atoms with Crippen LogP contribution < -0.4 is 18.9 Å². The highest BCUT2D eigenvalue weighted by molar-refractivity contribution is 9.11. The van der Waals surface area contributed by atoms with Crippen molar-refractivity contribution in [3.63, 3.8) is 0 Å². The molecule has 0 aliphatic rings. The average Bonchev–Trinajstić information content (AvgIpc) is 3.01. The zero-order valence-electron chi connectivity index (χ0n) is 26.3. The molecule has 2 N–H and O–H groups in total. The van der Waals surface area contributed by atoms with E-state index in [0.717, 1.165) is 53.2 Å². The van der Waals surface area contributed by atoms with Gasteiger partial charge in [0, 0.05) is 33.8 Å². The van der Waals surface area contributed by atoms with Crippen molar-refractivity contribution in [2.24, 2.45) is 0 Å². The van der Waals surface area contributed by atoms with E-state index in [-0.39, 0.29) is 16.5 Å². The van der Waals surface area contributed by atoms with Crippen molar-refractivity contribution in [1.82, 2.24) is 9.44 Å². The highest BCUT2D eigenvalue weighted by atomic mass is 79.9. The number of ether oxygens (including phenoxy) is 2. The van der Waals surface area contributed by atoms with E-state index in [1.165, 1.54) is 6.07 Å². The van der Waals surface area contributed by atoms with Crippen LogP contribution in [-0.2, 0) is 26.2 Å². The third-order valence-electron chi connectivity index (χ3n) is 5.97. The van der Waals surface area contributed by atoms with Crippen LogP contribution >= 0.6 is 43.5 Å². The Balaban J connectivity index is 0.000000287. The van der Waals surface area contributed by atoms with Crippen LogP contribution in [0, 0.1) is 20.2 Å². The molecular weight excluding hydrogens is 913 g/mol. The predicted octanol–water partition coefficient (Wildman–Crippen LogP) is 7.35. The second-order valence-electron chi connectivity index (χ2n) is 10.2. The Kier molecular flexibility index (Phi) is 13.6. The maximum absolute atomic E-state index is 13.1. The van der Waals surface area contributed by atoms with Crippen molar-refractivity contribution in [3.8, 4) is 23.0 Å². The molecule has 0 bridgehead atoms. The molecule has 0 saturated heterocycles. The number of nitro groups is 2. The molecule has 282 valence electrons. The second-order valence-corrected chi connectivity index (χ2v) is 15.9. The van der Waals surface area contributed by atoms with Gasteiger partial charge in [-0.05, 0) is 64.5 Å². The standard InChI is InChI=1S/C15H10ClF3N2O6S.C14H10Br2N2O6S/c1-28(25,26)20-14(22)10-7-9(3-4-12(10)21(23)24)27-13-5-2-8(16)6-11(13)15(17,18)19;1-25(22,23)17-14(19)10-7-9(3-4-12(10)18(20)21)24-13-5-2-8(15)6-11(13)16/h2-7H,1H3,(H,20,22);2-7H,1H3,(H,17,19). The molecule has 4 rings (SSSR count). The van der Waals surface area contributed by atoms with Crippen LogP contribution in [0.4, 0.5) is 24.5 Å². The lowest BCUT2D eigenvalue weighted by atomic mass is 10.1. The number of sulfonamides is 2. The largest absolute Gasteiger partial charge is 0.457 e. The van der Waals surface area contributed by atoms with Crippen molar-refractivity contribution in [2.75, 3.05) is 12.5 Å². The molecule has 0 atom stereocenters. The molecule has 0 fully saturated rings. The molecule has 2 amide bonds. The molecule has 53 heavy (non-hydrogen) atoms. The lowest BCUT2D eigenvalue weighted by molar-refractivity contribution is -0.385. The average molecular weight is 933 g/mol. The number of nitro benzene ring substituents is 2. The van der Waals surface area contributed by atoms with Crippen LogP contribution in [0.2, 0.25) is 5.02 Å². The Morgan fingerprint density at radius 1 is 0.717 bits per heavy atom. The fourth-order valence-electron chi connectivity index (χ4n) is 3.91. The molecule has 0 unspecified atom stereocenters. The van der Waals surface area contributed by atoms with Crippen molar-refractivity contribution >= 4 is 86.7 Å². The molecule has 0 heterocycles. The highest BCUT2D eigenvalue weighted by Gasteiger charge is 2.35. The minimum absolute atomic E-state index is 0.132. The number of rotatable bonds is 10. The zero-order chi connectivity index (χ0) is 40.1. The van der Waals surface area contributed by atoms with E-state index in [1.807, 2.05) is 0 Å². The summed E-state index contributed by atoms with van der Waals surface area (Å²) in [6.45, 7) is 0. The van der Waals surface area contributed by atoms with E-state index < -0.39 is 81.7 Å². The molecule has 0 aliphatic carbocycles. The third kappa shape index (κ3) is 12.7. The summed E-state index contributed by atoms with van der Waals surface area (Å²) in [5.41, 5.74) is -3.65. The van der Waals surface area contributed by atoms with E-state index in [2.05, 4.69) is 31.9 Å². The number of halogens is 6. The molecule has 4 aromatic rings. The quantitative estimate of drug-likeness (QED) is 0.117. The first kappa shape index (κ1) is 42.6. The van der Waals surface area contributed by atoms with Crippen molar-refractivity contribution < 1.29 is 58.9 Å². The van der Waals surface area contributed by atoms with Gasteiger partial charge in [0.1, 0.15) is 34.1 Å². The third-order valence-corrected chi connectivity index (χ3v) is 8.43. The SMILES string of the molecule is CS(=O)(=O)NC(=O)c1cc(Oc2ccc(Br)cc2Br)ccc1[N+](=O)[O-].CS(=O)(=O)NC(=O)c1cc(Oc2ccc(Cl)cc2C(F)(F)F)ccc1[N+](=O)[O-]. The monoisotopic (exact) mass is 930 g/mol. The van der Waals surface area contributed by atoms with Gasteiger partial charge in [0.15, 0.2) is 0 Å². The normalized spacial score (nSPS) is 11.4. The first-order chi connectivity index (χ1) is 24.3. The highest BCUT2D eigenvalue weighted by Crippen LogP contribution is 2.40. The molecule has 16 nitrogen and oxygen atoms in total. The lowest BCUT2D eigenvalue weighted by Gasteiger charge is -2.14. The van der Waals surface area contributed by atoms with Crippen molar-refractivity contribution in [2.45, 2.75) is 6.18 Å². The number of nitrogens with zero attached hydrogens (tertiary/aromatic N) is 2. The minimum Gasteiger partial charge on any atom is -0.457 e. The summed E-state index contributed by atoms with van der Waals surface area (Å²) in [4.78, 5) is 44.4. The predicted molar refractivity (Wildman–Crippen MR) is 189 cm³/mol. The van der Waals surface area contributed by atoms with Gasteiger partial charge >= 0.3 is 6.18 Å². The number of carbonyl (C=O) groups is 2. The summed E-state index contributed by atoms with van der Waals surface area (Å²) in [5.74, 6) is -2.95. The Hall–Kier alpha value is -4.84. The van der Waals surface area contributed by atoms with E-state index in [9.17, 15) is 59.8 Å². The number of hydrogen-bond donors (Lipinski definition) is 2. The van der Waals surface area contributed by atoms with Gasteiger partial charge in [-0.3, -0.25) is 29.8 Å². The Bertz CT molecular complexity index is 2350. The summed E-state index contributed by atoms with van der Waals surface area (Å²) in [7, 11) is -7.92. The Labute approximate surface area is 318 Å². The van der Waals surface area contributed by atoms with Gasteiger partial charge in [0.2, 0.25) is 20.0 Å². The number of benzene rings is 4. The van der Waals surface area contributed by atoms with Gasteiger partial charge in [-0.15, -0.1) is 0 Å². The summed E-state index contributed by atoms with van der Waals surface area (Å²) >= 11 is 12.2. The molecule has 24 heteroatoms. The molecule has 0 aromatic heterocycles. The minimum atomic E-state index is -4.81. The molecule has 0 radical (unpaired) electrons. The van der Waals surface area contributed by atoms with Crippen LogP contribution in [0.15, 0.2) is 81.7 Å². The van der Waals surface area contributed by atoms with Gasteiger partial charge < -0.3 is 9.47 Å². The fraction of sp³-hybridized carbons (Fsp3) is 0.103. The van der Waals surface area contributed by atoms with Crippen LogP contribution in [0.5, 0.6) is 23.0 Å². The van der Waals surface area contributed by atoms with Crippen LogP contribution in [0.25, 0.3) is 0 Å². The number of alkyl halides is 3. The van der Waals surface area contributed by atoms with Gasteiger partial charge in [-0.1, -0.05) is 27.5 Å². The lowest BCUT2D eigenvalue weighted by Crippen LogP contribution is -2.29. The molecule has 0 aliphatic heterocycles. The van der Waals surface area contributed by atoms with Crippen LogP contribution in [0.1, 0.15) is 26.3 Å². The second kappa shape index (κ2) is 16.9. The van der Waals surface area contributed by atoms with Crippen LogP contribution in [0.3, 0.4) is 0 Å².